The van der Waals surface area contributed by atoms with E-state index in [4.69, 9.17) is 9.72 Å². The van der Waals surface area contributed by atoms with Crippen LogP contribution in [0, 0.1) is 0 Å². The fourth-order valence-corrected chi connectivity index (χ4v) is 4.10. The Balaban J connectivity index is 1.66. The Hall–Kier alpha value is -2.80. The minimum absolute atomic E-state index is 0.363. The molecule has 3 aromatic rings. The molecule has 0 radical (unpaired) electrons. The summed E-state index contributed by atoms with van der Waals surface area (Å²) >= 11 is 1.63. The molecule has 0 bridgehead atoms. The molecule has 0 fully saturated rings. The zero-order valence-electron chi connectivity index (χ0n) is 17.6. The summed E-state index contributed by atoms with van der Waals surface area (Å²) in [6.07, 6.45) is 3.19. The Morgan fingerprint density at radius 1 is 1.03 bits per heavy atom. The first kappa shape index (κ1) is 20.5. The monoisotopic (exact) mass is 421 g/mol. The highest BCUT2D eigenvalue weighted by atomic mass is 32.2. The number of thioether (sulfide) groups is 1. The van der Waals surface area contributed by atoms with Crippen molar-refractivity contribution in [1.82, 2.24) is 15.2 Å². The lowest BCUT2D eigenvalue weighted by atomic mass is 10.1. The van der Waals surface area contributed by atoms with Gasteiger partial charge in [0.1, 0.15) is 0 Å². The molecule has 156 valence electrons. The molecule has 0 spiro atoms. The van der Waals surface area contributed by atoms with Crippen LogP contribution in [0.3, 0.4) is 0 Å². The number of hydrogen-bond donors (Lipinski definition) is 1. The lowest BCUT2D eigenvalue weighted by Gasteiger charge is -2.20. The molecule has 0 saturated heterocycles. The third-order valence-electron chi connectivity index (χ3n) is 5.02. The minimum Gasteiger partial charge on any atom is -0.448 e. The Morgan fingerprint density at radius 2 is 1.83 bits per heavy atom. The third-order valence-corrected chi connectivity index (χ3v) is 5.95. The summed E-state index contributed by atoms with van der Waals surface area (Å²) in [5.41, 5.74) is 4.74. The fourth-order valence-electron chi connectivity index (χ4n) is 3.32. The predicted octanol–water partition coefficient (Wildman–Crippen LogP) is 5.39. The number of hydrogen-bond acceptors (Lipinski definition) is 7. The van der Waals surface area contributed by atoms with Crippen molar-refractivity contribution in [3.63, 3.8) is 0 Å². The molecule has 0 saturated carbocycles. The molecule has 0 amide bonds. The molecule has 1 aromatic heterocycles. The fraction of sp³-hybridized carbons (Fsp3) is 0.348. The molecule has 1 N–H and O–H groups in total. The second-order valence-electron chi connectivity index (χ2n) is 7.48. The van der Waals surface area contributed by atoms with Crippen LogP contribution in [0.25, 0.3) is 11.3 Å². The number of nitrogens with one attached hydrogen (secondary N) is 1. The number of fused-ring (bicyclic) bond motifs is 3. The van der Waals surface area contributed by atoms with Gasteiger partial charge in [0, 0.05) is 42.3 Å². The van der Waals surface area contributed by atoms with Crippen LogP contribution >= 0.6 is 11.8 Å². The van der Waals surface area contributed by atoms with Gasteiger partial charge in [-0.05, 0) is 24.6 Å². The van der Waals surface area contributed by atoms with E-state index in [1.165, 1.54) is 12.8 Å². The van der Waals surface area contributed by atoms with E-state index in [1.54, 1.807) is 11.8 Å². The van der Waals surface area contributed by atoms with E-state index >= 15 is 0 Å². The lowest BCUT2D eigenvalue weighted by Crippen LogP contribution is -2.17. The first-order chi connectivity index (χ1) is 14.7. The predicted molar refractivity (Wildman–Crippen MR) is 123 cm³/mol. The topological polar surface area (TPSA) is 63.2 Å². The van der Waals surface area contributed by atoms with E-state index in [0.717, 1.165) is 34.7 Å². The van der Waals surface area contributed by atoms with E-state index in [9.17, 15) is 0 Å². The second kappa shape index (κ2) is 9.34. The summed E-state index contributed by atoms with van der Waals surface area (Å²) in [7, 11) is 4.06. The van der Waals surface area contributed by atoms with Gasteiger partial charge in [-0.15, -0.1) is 10.2 Å². The molecule has 0 unspecified atom stereocenters. The van der Waals surface area contributed by atoms with Crippen molar-refractivity contribution in [2.75, 3.05) is 30.1 Å². The molecule has 0 aliphatic carbocycles. The SMILES string of the molecule is CCCCCSc1nnc2c(n1)O[C@@H](c1ccc(N(C)C)cc1)Nc1ccccc1-2. The van der Waals surface area contributed by atoms with Crippen molar-refractivity contribution >= 4 is 23.1 Å². The molecule has 30 heavy (non-hydrogen) atoms. The number of benzene rings is 2. The van der Waals surface area contributed by atoms with Crippen LogP contribution < -0.4 is 15.0 Å². The molecule has 4 rings (SSSR count). The van der Waals surface area contributed by atoms with Gasteiger partial charge < -0.3 is 15.0 Å². The van der Waals surface area contributed by atoms with Crippen LogP contribution in [0.2, 0.25) is 0 Å². The Morgan fingerprint density at radius 3 is 2.60 bits per heavy atom. The molecule has 2 aromatic carbocycles. The van der Waals surface area contributed by atoms with Crippen molar-refractivity contribution in [3.05, 3.63) is 54.1 Å². The van der Waals surface area contributed by atoms with Crippen LogP contribution in [-0.2, 0) is 0 Å². The molecule has 1 atom stereocenters. The highest BCUT2D eigenvalue weighted by Gasteiger charge is 2.26. The molecular formula is C23H27N5OS. The smallest absolute Gasteiger partial charge is 0.247 e. The Labute approximate surface area is 182 Å². The quantitative estimate of drug-likeness (QED) is 0.405. The molecule has 7 heteroatoms. The molecule has 1 aliphatic rings. The lowest BCUT2D eigenvalue weighted by molar-refractivity contribution is 0.225. The third kappa shape index (κ3) is 4.51. The van der Waals surface area contributed by atoms with Gasteiger partial charge in [0.2, 0.25) is 11.0 Å². The maximum atomic E-state index is 6.34. The van der Waals surface area contributed by atoms with Gasteiger partial charge in [0.15, 0.2) is 11.9 Å². The average molecular weight is 422 g/mol. The van der Waals surface area contributed by atoms with Crippen molar-refractivity contribution in [3.8, 4) is 17.1 Å². The summed E-state index contributed by atoms with van der Waals surface area (Å²) in [6.45, 7) is 2.20. The van der Waals surface area contributed by atoms with Crippen LogP contribution in [-0.4, -0.2) is 35.0 Å². The largest absolute Gasteiger partial charge is 0.448 e. The van der Waals surface area contributed by atoms with Crippen LogP contribution in [0.1, 0.15) is 38.0 Å². The van der Waals surface area contributed by atoms with Gasteiger partial charge in [-0.2, -0.15) is 4.98 Å². The zero-order valence-corrected chi connectivity index (χ0v) is 18.4. The number of rotatable bonds is 7. The summed E-state index contributed by atoms with van der Waals surface area (Å²) in [4.78, 5) is 6.79. The van der Waals surface area contributed by atoms with Gasteiger partial charge in [-0.3, -0.25) is 0 Å². The molecule has 2 heterocycles. The Kier molecular flexibility index (Phi) is 6.38. The van der Waals surface area contributed by atoms with E-state index < -0.39 is 0 Å². The summed E-state index contributed by atoms with van der Waals surface area (Å²) in [6, 6.07) is 16.4. The number of para-hydroxylation sites is 1. The molecule has 6 nitrogen and oxygen atoms in total. The van der Waals surface area contributed by atoms with Gasteiger partial charge in [0.05, 0.1) is 0 Å². The van der Waals surface area contributed by atoms with E-state index in [1.807, 2.05) is 38.4 Å². The zero-order chi connectivity index (χ0) is 20.9. The summed E-state index contributed by atoms with van der Waals surface area (Å²) in [5, 5.41) is 13.0. The molecule has 1 aliphatic heterocycles. The second-order valence-corrected chi connectivity index (χ2v) is 8.54. The maximum absolute atomic E-state index is 6.34. The first-order valence-electron chi connectivity index (χ1n) is 10.3. The number of nitrogens with zero attached hydrogens (tertiary/aromatic N) is 4. The van der Waals surface area contributed by atoms with Crippen molar-refractivity contribution < 1.29 is 4.74 Å². The Bertz CT molecular complexity index is 993. The highest BCUT2D eigenvalue weighted by Crippen LogP contribution is 2.39. The van der Waals surface area contributed by atoms with E-state index in [-0.39, 0.29) is 6.23 Å². The normalized spacial score (nSPS) is 14.7. The van der Waals surface area contributed by atoms with Gasteiger partial charge in [0.25, 0.3) is 0 Å². The summed E-state index contributed by atoms with van der Waals surface area (Å²) in [5.74, 6) is 1.50. The number of unbranched alkanes of at least 4 members (excludes halogenated alkanes) is 2. The van der Waals surface area contributed by atoms with Crippen molar-refractivity contribution in [2.45, 2.75) is 37.6 Å². The van der Waals surface area contributed by atoms with E-state index in [0.29, 0.717) is 16.7 Å². The van der Waals surface area contributed by atoms with Gasteiger partial charge in [-0.1, -0.05) is 61.9 Å². The van der Waals surface area contributed by atoms with E-state index in [2.05, 4.69) is 51.6 Å². The van der Waals surface area contributed by atoms with Crippen molar-refractivity contribution in [1.29, 1.82) is 0 Å². The number of ether oxygens (including phenoxy) is 1. The summed E-state index contributed by atoms with van der Waals surface area (Å²) < 4.78 is 6.34. The van der Waals surface area contributed by atoms with Crippen molar-refractivity contribution in [2.24, 2.45) is 0 Å². The maximum Gasteiger partial charge on any atom is 0.247 e. The van der Waals surface area contributed by atoms with Crippen LogP contribution in [0.4, 0.5) is 11.4 Å². The highest BCUT2D eigenvalue weighted by molar-refractivity contribution is 7.99. The first-order valence-corrected chi connectivity index (χ1v) is 11.3. The van der Waals surface area contributed by atoms with Crippen LogP contribution in [0.15, 0.2) is 53.7 Å². The number of anilines is 2. The average Bonchev–Trinajstić information content (AvgIpc) is 2.93. The van der Waals surface area contributed by atoms with Gasteiger partial charge >= 0.3 is 0 Å². The van der Waals surface area contributed by atoms with Crippen LogP contribution in [0.5, 0.6) is 5.88 Å². The molecular weight excluding hydrogens is 394 g/mol. The number of aromatic nitrogens is 3. The van der Waals surface area contributed by atoms with Gasteiger partial charge in [-0.25, -0.2) is 0 Å². The standard InChI is InChI=1S/C23H27N5OS/c1-4-5-8-15-30-23-25-22-20(26-27-23)18-9-6-7-10-19(18)24-21(29-22)16-11-13-17(14-12-16)28(2)3/h6-7,9-14,21,24H,4-5,8,15H2,1-3H3/t21-/m0/s1. The minimum atomic E-state index is -0.363.